The highest BCUT2D eigenvalue weighted by Crippen LogP contribution is 2.32. The molecule has 0 amide bonds. The first-order chi connectivity index (χ1) is 7.83. The van der Waals surface area contributed by atoms with Crippen LogP contribution in [0.5, 0.6) is 0 Å². The number of nitrogens with zero attached hydrogens (tertiary/aromatic N) is 3. The van der Waals surface area contributed by atoms with Crippen molar-refractivity contribution in [1.82, 2.24) is 19.9 Å². The average Bonchev–Trinajstić information content (AvgIpc) is 2.95. The molecule has 0 aromatic carbocycles. The van der Waals surface area contributed by atoms with Gasteiger partial charge in [0.1, 0.15) is 5.52 Å². The molecule has 0 unspecified atom stereocenters. The van der Waals surface area contributed by atoms with Gasteiger partial charge in [-0.15, -0.1) is 0 Å². The van der Waals surface area contributed by atoms with Gasteiger partial charge in [-0.05, 0) is 23.9 Å². The fourth-order valence-corrected chi connectivity index (χ4v) is 1.90. The summed E-state index contributed by atoms with van der Waals surface area (Å²) in [5.41, 5.74) is 1.43. The maximum Gasteiger partial charge on any atom is 0.226 e. The molecule has 1 aliphatic carbocycles. The van der Waals surface area contributed by atoms with Crippen molar-refractivity contribution in [1.29, 1.82) is 0 Å². The normalized spacial score (nSPS) is 15.6. The zero-order valence-corrected chi connectivity index (χ0v) is 9.46. The van der Waals surface area contributed by atoms with E-state index in [1.807, 2.05) is 0 Å². The predicted molar refractivity (Wildman–Crippen MR) is 62.5 cm³/mol. The second kappa shape index (κ2) is 3.90. The highest BCUT2D eigenvalue weighted by molar-refractivity contribution is 6.28. The van der Waals surface area contributed by atoms with E-state index in [2.05, 4.69) is 25.3 Å². The summed E-state index contributed by atoms with van der Waals surface area (Å²) < 4.78 is 0. The Morgan fingerprint density at radius 1 is 1.44 bits per heavy atom. The lowest BCUT2D eigenvalue weighted by molar-refractivity contribution is 0.758. The number of aromatic nitrogens is 4. The summed E-state index contributed by atoms with van der Waals surface area (Å²) in [6, 6.07) is 0. The fraction of sp³-hybridized carbons (Fsp3) is 0.500. The maximum atomic E-state index is 5.82. The Hall–Kier alpha value is -1.36. The Kier molecular flexibility index (Phi) is 2.40. The van der Waals surface area contributed by atoms with Gasteiger partial charge in [-0.1, -0.05) is 12.8 Å². The van der Waals surface area contributed by atoms with E-state index in [9.17, 15) is 0 Å². The minimum absolute atomic E-state index is 0.230. The smallest absolute Gasteiger partial charge is 0.226 e. The number of fused-ring (bicyclic) bond motifs is 1. The number of H-pyrrole nitrogens is 1. The standard InChI is InChI=1S/C10H12ClN5/c11-10-15-8(12-4-3-6-1-2-6)7-9(16-10)14-5-13-7/h5-6H,1-4H2,(H2,12,13,14,15,16). The molecule has 2 heterocycles. The van der Waals surface area contributed by atoms with Gasteiger partial charge in [0.05, 0.1) is 6.33 Å². The molecule has 0 spiro atoms. The van der Waals surface area contributed by atoms with Gasteiger partial charge < -0.3 is 10.3 Å². The van der Waals surface area contributed by atoms with Crippen LogP contribution in [0.1, 0.15) is 19.3 Å². The number of rotatable bonds is 4. The van der Waals surface area contributed by atoms with Crippen molar-refractivity contribution in [2.24, 2.45) is 5.92 Å². The van der Waals surface area contributed by atoms with Crippen molar-refractivity contribution < 1.29 is 0 Å². The van der Waals surface area contributed by atoms with Crippen LogP contribution >= 0.6 is 11.6 Å². The van der Waals surface area contributed by atoms with Gasteiger partial charge >= 0.3 is 0 Å². The molecule has 1 saturated carbocycles. The highest BCUT2D eigenvalue weighted by Gasteiger charge is 2.20. The lowest BCUT2D eigenvalue weighted by atomic mass is 10.3. The van der Waals surface area contributed by atoms with Gasteiger partial charge in [0.25, 0.3) is 0 Å². The third-order valence-electron chi connectivity index (χ3n) is 2.80. The van der Waals surface area contributed by atoms with Crippen molar-refractivity contribution in [3.8, 4) is 0 Å². The second-order valence-corrected chi connectivity index (χ2v) is 4.44. The quantitative estimate of drug-likeness (QED) is 0.801. The number of imidazole rings is 1. The average molecular weight is 238 g/mol. The monoisotopic (exact) mass is 237 g/mol. The Balaban J connectivity index is 1.80. The van der Waals surface area contributed by atoms with Crippen LogP contribution in [0.2, 0.25) is 5.28 Å². The number of hydrogen-bond acceptors (Lipinski definition) is 4. The molecule has 0 aliphatic heterocycles. The number of hydrogen-bond donors (Lipinski definition) is 2. The van der Waals surface area contributed by atoms with E-state index >= 15 is 0 Å². The van der Waals surface area contributed by atoms with Gasteiger partial charge in [-0.3, -0.25) is 0 Å². The van der Waals surface area contributed by atoms with Gasteiger partial charge in [0.15, 0.2) is 11.5 Å². The Bertz CT molecular complexity index is 505. The SMILES string of the molecule is Clc1nc(NCCC2CC2)c2[nH]cnc2n1. The summed E-state index contributed by atoms with van der Waals surface area (Å²) in [5, 5.41) is 3.51. The van der Waals surface area contributed by atoms with Crippen molar-refractivity contribution in [2.45, 2.75) is 19.3 Å². The summed E-state index contributed by atoms with van der Waals surface area (Å²) in [4.78, 5) is 15.3. The molecular formula is C10H12ClN5. The van der Waals surface area contributed by atoms with E-state index in [-0.39, 0.29) is 5.28 Å². The summed E-state index contributed by atoms with van der Waals surface area (Å²) >= 11 is 5.82. The highest BCUT2D eigenvalue weighted by atomic mass is 35.5. The molecule has 1 fully saturated rings. The summed E-state index contributed by atoms with van der Waals surface area (Å²) in [7, 11) is 0. The van der Waals surface area contributed by atoms with Gasteiger partial charge in [-0.2, -0.15) is 9.97 Å². The molecule has 5 nitrogen and oxygen atoms in total. The van der Waals surface area contributed by atoms with Crippen LogP contribution in [0.4, 0.5) is 5.82 Å². The molecular weight excluding hydrogens is 226 g/mol. The third-order valence-corrected chi connectivity index (χ3v) is 2.97. The van der Waals surface area contributed by atoms with E-state index in [0.29, 0.717) is 5.65 Å². The van der Waals surface area contributed by atoms with E-state index in [0.717, 1.165) is 23.8 Å². The first kappa shape index (κ1) is 9.84. The zero-order valence-electron chi connectivity index (χ0n) is 8.70. The van der Waals surface area contributed by atoms with E-state index in [1.165, 1.54) is 19.3 Å². The molecule has 2 aromatic heterocycles. The second-order valence-electron chi connectivity index (χ2n) is 4.10. The molecule has 3 rings (SSSR count). The molecule has 6 heteroatoms. The molecule has 0 saturated heterocycles. The molecule has 84 valence electrons. The third kappa shape index (κ3) is 1.95. The summed E-state index contributed by atoms with van der Waals surface area (Å²) in [6.07, 6.45) is 5.52. The van der Waals surface area contributed by atoms with E-state index in [4.69, 9.17) is 11.6 Å². The van der Waals surface area contributed by atoms with Gasteiger partial charge in [0, 0.05) is 6.54 Å². The predicted octanol–water partition coefficient (Wildman–Crippen LogP) is 2.22. The molecule has 1 aliphatic rings. The number of anilines is 1. The fourth-order valence-electron chi connectivity index (χ4n) is 1.74. The summed E-state index contributed by atoms with van der Waals surface area (Å²) in [5.74, 6) is 1.65. The molecule has 2 N–H and O–H groups in total. The first-order valence-electron chi connectivity index (χ1n) is 5.43. The van der Waals surface area contributed by atoms with Gasteiger partial charge in [0.2, 0.25) is 5.28 Å². The number of aromatic amines is 1. The topological polar surface area (TPSA) is 66.5 Å². The molecule has 0 radical (unpaired) electrons. The summed E-state index contributed by atoms with van der Waals surface area (Å²) in [6.45, 7) is 0.923. The van der Waals surface area contributed by atoms with Crippen molar-refractivity contribution in [3.63, 3.8) is 0 Å². The van der Waals surface area contributed by atoms with Gasteiger partial charge in [-0.25, -0.2) is 4.98 Å². The van der Waals surface area contributed by atoms with Crippen molar-refractivity contribution >= 4 is 28.6 Å². The van der Waals surface area contributed by atoms with Crippen LogP contribution in [0.3, 0.4) is 0 Å². The Labute approximate surface area is 97.7 Å². The van der Waals surface area contributed by atoms with Crippen molar-refractivity contribution in [3.05, 3.63) is 11.6 Å². The largest absolute Gasteiger partial charge is 0.368 e. The molecule has 0 atom stereocenters. The minimum Gasteiger partial charge on any atom is -0.368 e. The first-order valence-corrected chi connectivity index (χ1v) is 5.81. The zero-order chi connectivity index (χ0) is 11.0. The lowest BCUT2D eigenvalue weighted by Crippen LogP contribution is -2.05. The van der Waals surface area contributed by atoms with E-state index in [1.54, 1.807) is 6.33 Å². The molecule has 0 bridgehead atoms. The number of nitrogens with one attached hydrogen (secondary N) is 2. The number of halogens is 1. The molecule has 2 aromatic rings. The van der Waals surface area contributed by atoms with Crippen LogP contribution in [0.25, 0.3) is 11.2 Å². The van der Waals surface area contributed by atoms with E-state index < -0.39 is 0 Å². The Morgan fingerprint density at radius 3 is 3.12 bits per heavy atom. The minimum atomic E-state index is 0.230. The molecule has 16 heavy (non-hydrogen) atoms. The van der Waals surface area contributed by atoms with Crippen LogP contribution in [-0.2, 0) is 0 Å². The van der Waals surface area contributed by atoms with Crippen molar-refractivity contribution in [2.75, 3.05) is 11.9 Å². The van der Waals surface area contributed by atoms with Crippen LogP contribution in [-0.4, -0.2) is 26.5 Å². The van der Waals surface area contributed by atoms with Crippen LogP contribution in [0, 0.1) is 5.92 Å². The lowest BCUT2D eigenvalue weighted by Gasteiger charge is -2.05. The maximum absolute atomic E-state index is 5.82. The van der Waals surface area contributed by atoms with Crippen LogP contribution < -0.4 is 5.32 Å². The van der Waals surface area contributed by atoms with Crippen LogP contribution in [0.15, 0.2) is 6.33 Å². The Morgan fingerprint density at radius 2 is 2.31 bits per heavy atom.